The van der Waals surface area contributed by atoms with Gasteiger partial charge in [-0.2, -0.15) is 0 Å². The summed E-state index contributed by atoms with van der Waals surface area (Å²) in [6.07, 6.45) is 0. The fraction of sp³-hybridized carbons (Fsp3) is 0.316. The van der Waals surface area contributed by atoms with Gasteiger partial charge in [-0.15, -0.1) is 0 Å². The van der Waals surface area contributed by atoms with Crippen molar-refractivity contribution in [1.82, 2.24) is 5.32 Å². The molecular weight excluding hydrogens is 288 g/mol. The molecular formula is C19H24N2O2. The molecule has 122 valence electrons. The minimum absolute atomic E-state index is 0.223. The van der Waals surface area contributed by atoms with Crippen molar-refractivity contribution in [2.45, 2.75) is 27.7 Å². The molecule has 0 aliphatic rings. The van der Waals surface area contributed by atoms with Gasteiger partial charge < -0.3 is 15.4 Å². The van der Waals surface area contributed by atoms with Crippen LogP contribution in [0.25, 0.3) is 0 Å². The SMILES string of the molecule is Cc1cc(C)cc(NC(=O)NCCOc2ccc(C)c(C)c2)c1. The number of ether oxygens (including phenoxy) is 1. The lowest BCUT2D eigenvalue weighted by Gasteiger charge is -2.11. The molecule has 0 aliphatic heterocycles. The van der Waals surface area contributed by atoms with Crippen LogP contribution in [0.5, 0.6) is 5.75 Å². The maximum Gasteiger partial charge on any atom is 0.319 e. The first-order valence-corrected chi connectivity index (χ1v) is 7.77. The molecule has 0 radical (unpaired) electrons. The predicted octanol–water partition coefficient (Wildman–Crippen LogP) is 4.12. The van der Waals surface area contributed by atoms with Gasteiger partial charge in [0.15, 0.2) is 0 Å². The van der Waals surface area contributed by atoms with E-state index in [0.717, 1.165) is 22.6 Å². The van der Waals surface area contributed by atoms with Gasteiger partial charge in [0.25, 0.3) is 0 Å². The van der Waals surface area contributed by atoms with Gasteiger partial charge in [0, 0.05) is 5.69 Å². The van der Waals surface area contributed by atoms with Crippen LogP contribution in [-0.4, -0.2) is 19.2 Å². The number of nitrogens with one attached hydrogen (secondary N) is 2. The van der Waals surface area contributed by atoms with E-state index in [-0.39, 0.29) is 6.03 Å². The van der Waals surface area contributed by atoms with Crippen LogP contribution in [0.4, 0.5) is 10.5 Å². The number of urea groups is 1. The van der Waals surface area contributed by atoms with Gasteiger partial charge in [-0.25, -0.2) is 4.79 Å². The molecule has 0 atom stereocenters. The van der Waals surface area contributed by atoms with Crippen LogP contribution in [0.1, 0.15) is 22.3 Å². The first-order valence-electron chi connectivity index (χ1n) is 7.77. The van der Waals surface area contributed by atoms with E-state index in [0.29, 0.717) is 13.2 Å². The summed E-state index contributed by atoms with van der Waals surface area (Å²) in [7, 11) is 0. The number of benzene rings is 2. The van der Waals surface area contributed by atoms with E-state index in [1.165, 1.54) is 11.1 Å². The molecule has 2 aromatic rings. The smallest absolute Gasteiger partial charge is 0.319 e. The predicted molar refractivity (Wildman–Crippen MR) is 94.3 cm³/mol. The van der Waals surface area contributed by atoms with Gasteiger partial charge in [-0.3, -0.25) is 0 Å². The molecule has 4 heteroatoms. The van der Waals surface area contributed by atoms with Gasteiger partial charge in [-0.1, -0.05) is 12.1 Å². The zero-order chi connectivity index (χ0) is 16.8. The van der Waals surface area contributed by atoms with E-state index in [1.54, 1.807) is 0 Å². The lowest BCUT2D eigenvalue weighted by molar-refractivity contribution is 0.247. The Hall–Kier alpha value is -2.49. The summed E-state index contributed by atoms with van der Waals surface area (Å²) in [5.74, 6) is 0.824. The third-order valence-electron chi connectivity index (χ3n) is 3.61. The molecule has 0 saturated carbocycles. The molecule has 2 rings (SSSR count). The minimum Gasteiger partial charge on any atom is -0.492 e. The average Bonchev–Trinajstić information content (AvgIpc) is 2.46. The number of aryl methyl sites for hydroxylation is 4. The van der Waals surface area contributed by atoms with Gasteiger partial charge in [0.1, 0.15) is 12.4 Å². The maximum atomic E-state index is 11.9. The molecule has 0 bridgehead atoms. The average molecular weight is 312 g/mol. The van der Waals surface area contributed by atoms with E-state index >= 15 is 0 Å². The zero-order valence-corrected chi connectivity index (χ0v) is 14.2. The number of amides is 2. The summed E-state index contributed by atoms with van der Waals surface area (Å²) < 4.78 is 5.64. The van der Waals surface area contributed by atoms with Crippen molar-refractivity contribution in [2.24, 2.45) is 0 Å². The lowest BCUT2D eigenvalue weighted by atomic mass is 10.1. The number of carbonyl (C=O) groups excluding carboxylic acids is 1. The number of anilines is 1. The van der Waals surface area contributed by atoms with E-state index in [1.807, 2.05) is 44.2 Å². The highest BCUT2D eigenvalue weighted by atomic mass is 16.5. The Balaban J connectivity index is 1.75. The Morgan fingerprint density at radius 3 is 2.30 bits per heavy atom. The Morgan fingerprint density at radius 2 is 1.65 bits per heavy atom. The van der Waals surface area contributed by atoms with Crippen LogP contribution >= 0.6 is 0 Å². The van der Waals surface area contributed by atoms with Crippen LogP contribution in [-0.2, 0) is 0 Å². The summed E-state index contributed by atoms with van der Waals surface area (Å²) >= 11 is 0. The molecule has 23 heavy (non-hydrogen) atoms. The molecule has 2 N–H and O–H groups in total. The van der Waals surface area contributed by atoms with E-state index in [9.17, 15) is 4.79 Å². The molecule has 2 aromatic carbocycles. The van der Waals surface area contributed by atoms with Crippen LogP contribution in [0.3, 0.4) is 0 Å². The highest BCUT2D eigenvalue weighted by Crippen LogP contribution is 2.16. The monoisotopic (exact) mass is 312 g/mol. The first kappa shape index (κ1) is 16.9. The molecule has 0 heterocycles. The number of rotatable bonds is 5. The molecule has 0 saturated heterocycles. The van der Waals surface area contributed by atoms with Crippen molar-refractivity contribution in [2.75, 3.05) is 18.5 Å². The third-order valence-corrected chi connectivity index (χ3v) is 3.61. The fourth-order valence-corrected chi connectivity index (χ4v) is 2.36. The molecule has 4 nitrogen and oxygen atoms in total. The van der Waals surface area contributed by atoms with Gasteiger partial charge in [0.2, 0.25) is 0 Å². The second-order valence-corrected chi connectivity index (χ2v) is 5.85. The van der Waals surface area contributed by atoms with E-state index in [4.69, 9.17) is 4.74 Å². The van der Waals surface area contributed by atoms with Crippen molar-refractivity contribution in [1.29, 1.82) is 0 Å². The number of hydrogen-bond donors (Lipinski definition) is 2. The van der Waals surface area contributed by atoms with Crippen molar-refractivity contribution >= 4 is 11.7 Å². The van der Waals surface area contributed by atoms with E-state index < -0.39 is 0 Å². The van der Waals surface area contributed by atoms with Crippen LogP contribution < -0.4 is 15.4 Å². The fourth-order valence-electron chi connectivity index (χ4n) is 2.36. The number of hydrogen-bond acceptors (Lipinski definition) is 2. The normalized spacial score (nSPS) is 10.3. The first-order chi connectivity index (χ1) is 10.9. The highest BCUT2D eigenvalue weighted by Gasteiger charge is 2.03. The van der Waals surface area contributed by atoms with Crippen LogP contribution in [0, 0.1) is 27.7 Å². The van der Waals surface area contributed by atoms with Crippen molar-refractivity contribution in [3.8, 4) is 5.75 Å². The van der Waals surface area contributed by atoms with Gasteiger partial charge in [0.05, 0.1) is 6.54 Å². The molecule has 0 aliphatic carbocycles. The largest absolute Gasteiger partial charge is 0.492 e. The molecule has 0 fully saturated rings. The molecule has 2 amide bonds. The Bertz CT molecular complexity index is 676. The second-order valence-electron chi connectivity index (χ2n) is 5.85. The molecule has 0 spiro atoms. The summed E-state index contributed by atoms with van der Waals surface area (Å²) in [4.78, 5) is 11.9. The standard InChI is InChI=1S/C19H24N2O2/c1-13-9-14(2)11-17(10-13)21-19(22)20-7-8-23-18-6-5-15(3)16(4)12-18/h5-6,9-12H,7-8H2,1-4H3,(H2,20,21,22). The molecule has 0 unspecified atom stereocenters. The summed E-state index contributed by atoms with van der Waals surface area (Å²) in [6.45, 7) is 9.02. The minimum atomic E-state index is -0.223. The Morgan fingerprint density at radius 1 is 0.957 bits per heavy atom. The van der Waals surface area contributed by atoms with Crippen molar-refractivity contribution in [3.63, 3.8) is 0 Å². The highest BCUT2D eigenvalue weighted by molar-refractivity contribution is 5.89. The summed E-state index contributed by atoms with van der Waals surface area (Å²) in [5, 5.41) is 5.62. The van der Waals surface area contributed by atoms with Crippen molar-refractivity contribution < 1.29 is 9.53 Å². The van der Waals surface area contributed by atoms with E-state index in [2.05, 4.69) is 30.5 Å². The Labute approximate surface area is 137 Å². The lowest BCUT2D eigenvalue weighted by Crippen LogP contribution is -2.32. The van der Waals surface area contributed by atoms with Crippen LogP contribution in [0.2, 0.25) is 0 Å². The van der Waals surface area contributed by atoms with Gasteiger partial charge >= 0.3 is 6.03 Å². The third kappa shape index (κ3) is 5.33. The van der Waals surface area contributed by atoms with Crippen LogP contribution in [0.15, 0.2) is 36.4 Å². The van der Waals surface area contributed by atoms with Gasteiger partial charge in [-0.05, 0) is 74.2 Å². The molecule has 0 aromatic heterocycles. The number of carbonyl (C=O) groups is 1. The van der Waals surface area contributed by atoms with Crippen molar-refractivity contribution in [3.05, 3.63) is 58.7 Å². The quantitative estimate of drug-likeness (QED) is 0.816. The topological polar surface area (TPSA) is 50.4 Å². The zero-order valence-electron chi connectivity index (χ0n) is 14.2. The second kappa shape index (κ2) is 7.68. The summed E-state index contributed by atoms with van der Waals surface area (Å²) in [6, 6.07) is 11.7. The summed E-state index contributed by atoms with van der Waals surface area (Å²) in [5.41, 5.74) is 5.48. The maximum absolute atomic E-state index is 11.9. The Kier molecular flexibility index (Phi) is 5.63.